The molecule has 1 saturated heterocycles. The van der Waals surface area contributed by atoms with E-state index in [1.165, 1.54) is 29.3 Å². The monoisotopic (exact) mass is 571 g/mol. The van der Waals surface area contributed by atoms with Gasteiger partial charge in [0.25, 0.3) is 5.91 Å². The Morgan fingerprint density at radius 1 is 1.00 bits per heavy atom. The van der Waals surface area contributed by atoms with Crippen molar-refractivity contribution in [3.8, 4) is 0 Å². The van der Waals surface area contributed by atoms with Crippen LogP contribution in [0.4, 0.5) is 20.6 Å². The molecule has 1 fully saturated rings. The van der Waals surface area contributed by atoms with Gasteiger partial charge in [0.2, 0.25) is 0 Å². The lowest BCUT2D eigenvalue weighted by Gasteiger charge is -2.38. The standard InChI is InChI=1S/C32H31ClFN5O2/c1-38(25-11-14-39(15-12-25)26-7-4-23-19-35-13-10-21(23)16-26)31(40)22-3-2-20-5-9-30(27(20)17-22)37-32(41)36-24-6-8-29(34)28(33)18-24/h2-4,6-8,10,13,16-19,25,30H,5,9,11-12,14-15H2,1H3,(H2,36,37,41). The molecule has 0 radical (unpaired) electrons. The van der Waals surface area contributed by atoms with Crippen LogP contribution in [0.2, 0.25) is 5.02 Å². The number of urea groups is 1. The summed E-state index contributed by atoms with van der Waals surface area (Å²) in [5.74, 6) is -0.557. The van der Waals surface area contributed by atoms with Crippen molar-refractivity contribution in [1.82, 2.24) is 15.2 Å². The number of nitrogens with one attached hydrogen (secondary N) is 2. The van der Waals surface area contributed by atoms with Crippen LogP contribution in [0.25, 0.3) is 10.8 Å². The molecule has 1 aromatic heterocycles. The Kier molecular flexibility index (Phi) is 7.49. The zero-order chi connectivity index (χ0) is 28.5. The van der Waals surface area contributed by atoms with Crippen LogP contribution in [-0.4, -0.2) is 48.0 Å². The summed E-state index contributed by atoms with van der Waals surface area (Å²) in [6.45, 7) is 1.76. The summed E-state index contributed by atoms with van der Waals surface area (Å²) >= 11 is 5.83. The molecule has 3 amide bonds. The number of benzene rings is 3. The number of carbonyl (C=O) groups excluding carboxylic acids is 2. The summed E-state index contributed by atoms with van der Waals surface area (Å²) in [6.07, 6.45) is 7.02. The van der Waals surface area contributed by atoms with E-state index in [0.717, 1.165) is 55.3 Å². The van der Waals surface area contributed by atoms with Crippen LogP contribution in [0, 0.1) is 5.82 Å². The van der Waals surface area contributed by atoms with Crippen LogP contribution in [-0.2, 0) is 6.42 Å². The molecule has 0 spiro atoms. The molecule has 2 heterocycles. The number of nitrogens with zero attached hydrogens (tertiary/aromatic N) is 3. The summed E-state index contributed by atoms with van der Waals surface area (Å²) < 4.78 is 13.4. The Bertz CT molecular complexity index is 1620. The third kappa shape index (κ3) is 5.70. The maximum Gasteiger partial charge on any atom is 0.319 e. The van der Waals surface area contributed by atoms with Crippen molar-refractivity contribution in [3.63, 3.8) is 0 Å². The largest absolute Gasteiger partial charge is 0.371 e. The molecule has 9 heteroatoms. The lowest BCUT2D eigenvalue weighted by atomic mass is 10.00. The minimum Gasteiger partial charge on any atom is -0.371 e. The second-order valence-electron chi connectivity index (χ2n) is 10.8. The molecule has 210 valence electrons. The lowest BCUT2D eigenvalue weighted by Crippen LogP contribution is -2.45. The highest BCUT2D eigenvalue weighted by molar-refractivity contribution is 6.31. The van der Waals surface area contributed by atoms with E-state index in [9.17, 15) is 14.0 Å². The molecule has 2 aliphatic rings. The number of aryl methyl sites for hydroxylation is 1. The highest BCUT2D eigenvalue weighted by Gasteiger charge is 2.29. The number of carbonyl (C=O) groups is 2. The van der Waals surface area contributed by atoms with E-state index in [4.69, 9.17) is 11.6 Å². The first-order valence-corrected chi connectivity index (χ1v) is 14.2. The Hall–Kier alpha value is -4.17. The van der Waals surface area contributed by atoms with Gasteiger partial charge < -0.3 is 20.4 Å². The average Bonchev–Trinajstić information content (AvgIpc) is 3.39. The summed E-state index contributed by atoms with van der Waals surface area (Å²) in [6, 6.07) is 17.8. The van der Waals surface area contributed by atoms with Crippen molar-refractivity contribution in [3.05, 3.63) is 101 Å². The van der Waals surface area contributed by atoms with Crippen molar-refractivity contribution in [1.29, 1.82) is 0 Å². The summed E-state index contributed by atoms with van der Waals surface area (Å²) in [5, 5.41) is 7.94. The first-order chi connectivity index (χ1) is 19.9. The predicted molar refractivity (Wildman–Crippen MR) is 160 cm³/mol. The molecule has 0 saturated carbocycles. The molecular weight excluding hydrogens is 541 g/mol. The SMILES string of the molecule is CN(C(=O)c1ccc2c(c1)C(NC(=O)Nc1ccc(F)c(Cl)c1)CC2)C1CCN(c2ccc3cnccc3c2)CC1. The van der Waals surface area contributed by atoms with Crippen LogP contribution in [0.1, 0.15) is 46.8 Å². The number of fused-ring (bicyclic) bond motifs is 2. The van der Waals surface area contributed by atoms with Crippen LogP contribution in [0.5, 0.6) is 0 Å². The van der Waals surface area contributed by atoms with E-state index in [0.29, 0.717) is 11.3 Å². The number of halogens is 2. The highest BCUT2D eigenvalue weighted by atomic mass is 35.5. The van der Waals surface area contributed by atoms with E-state index < -0.39 is 11.8 Å². The van der Waals surface area contributed by atoms with Gasteiger partial charge in [-0.25, -0.2) is 9.18 Å². The maximum atomic E-state index is 13.5. The number of aromatic nitrogens is 1. The van der Waals surface area contributed by atoms with Crippen LogP contribution in [0.3, 0.4) is 0 Å². The average molecular weight is 572 g/mol. The molecule has 2 N–H and O–H groups in total. The third-order valence-corrected chi connectivity index (χ3v) is 8.56. The Morgan fingerprint density at radius 3 is 2.63 bits per heavy atom. The van der Waals surface area contributed by atoms with Gasteiger partial charge in [0.1, 0.15) is 5.82 Å². The summed E-state index contributed by atoms with van der Waals surface area (Å²) in [7, 11) is 1.88. The van der Waals surface area contributed by atoms with Gasteiger partial charge in [-0.05, 0) is 90.7 Å². The minimum absolute atomic E-state index is 0.0134. The molecule has 4 aromatic rings. The Labute approximate surface area is 243 Å². The fourth-order valence-corrected chi connectivity index (χ4v) is 6.11. The van der Waals surface area contributed by atoms with Gasteiger partial charge in [-0.2, -0.15) is 0 Å². The van der Waals surface area contributed by atoms with Gasteiger partial charge >= 0.3 is 6.03 Å². The predicted octanol–water partition coefficient (Wildman–Crippen LogP) is 6.58. The van der Waals surface area contributed by atoms with Gasteiger partial charge in [0, 0.05) is 60.9 Å². The minimum atomic E-state index is -0.544. The zero-order valence-electron chi connectivity index (χ0n) is 22.7. The number of anilines is 2. The van der Waals surface area contributed by atoms with Crippen LogP contribution >= 0.6 is 11.6 Å². The number of hydrogen-bond donors (Lipinski definition) is 2. The normalized spacial score (nSPS) is 16.9. The molecule has 1 aliphatic heterocycles. The summed E-state index contributed by atoms with van der Waals surface area (Å²) in [5.41, 5.74) is 4.30. The number of piperidine rings is 1. The third-order valence-electron chi connectivity index (χ3n) is 8.28. The number of pyridine rings is 1. The zero-order valence-corrected chi connectivity index (χ0v) is 23.5. The molecule has 1 aliphatic carbocycles. The number of amides is 3. The molecular formula is C32H31ClFN5O2. The van der Waals surface area contributed by atoms with Gasteiger partial charge in [0.15, 0.2) is 0 Å². The second-order valence-corrected chi connectivity index (χ2v) is 11.2. The summed E-state index contributed by atoms with van der Waals surface area (Å²) in [4.78, 5) is 34.6. The van der Waals surface area contributed by atoms with Gasteiger partial charge in [-0.1, -0.05) is 23.7 Å². The van der Waals surface area contributed by atoms with E-state index in [1.807, 2.05) is 48.6 Å². The van der Waals surface area contributed by atoms with Gasteiger partial charge in [-0.3, -0.25) is 9.78 Å². The maximum absolute atomic E-state index is 13.5. The number of rotatable bonds is 5. The first kappa shape index (κ1) is 27.0. The van der Waals surface area contributed by atoms with Crippen molar-refractivity contribution < 1.29 is 14.0 Å². The van der Waals surface area contributed by atoms with E-state index >= 15 is 0 Å². The Morgan fingerprint density at radius 2 is 1.83 bits per heavy atom. The van der Waals surface area contributed by atoms with Gasteiger partial charge in [0.05, 0.1) is 11.1 Å². The molecule has 0 bridgehead atoms. The number of hydrogen-bond acceptors (Lipinski definition) is 4. The second kappa shape index (κ2) is 11.4. The molecule has 7 nitrogen and oxygen atoms in total. The molecule has 1 unspecified atom stereocenters. The van der Waals surface area contributed by atoms with Gasteiger partial charge in [-0.15, -0.1) is 0 Å². The van der Waals surface area contributed by atoms with E-state index in [-0.39, 0.29) is 23.0 Å². The van der Waals surface area contributed by atoms with E-state index in [2.05, 4.69) is 38.7 Å². The van der Waals surface area contributed by atoms with Crippen LogP contribution < -0.4 is 15.5 Å². The van der Waals surface area contributed by atoms with Crippen molar-refractivity contribution in [2.45, 2.75) is 37.8 Å². The smallest absolute Gasteiger partial charge is 0.319 e. The van der Waals surface area contributed by atoms with Crippen molar-refractivity contribution >= 4 is 45.7 Å². The quantitative estimate of drug-likeness (QED) is 0.284. The molecule has 6 rings (SSSR count). The highest BCUT2D eigenvalue weighted by Crippen LogP contribution is 2.33. The molecule has 1 atom stereocenters. The van der Waals surface area contributed by atoms with Crippen molar-refractivity contribution in [2.24, 2.45) is 0 Å². The molecule has 41 heavy (non-hydrogen) atoms. The van der Waals surface area contributed by atoms with Crippen LogP contribution in [0.15, 0.2) is 73.1 Å². The Balaban J connectivity index is 1.08. The fraction of sp³-hybridized carbons (Fsp3) is 0.281. The molecule has 3 aromatic carbocycles. The lowest BCUT2D eigenvalue weighted by molar-refractivity contribution is 0.0709. The van der Waals surface area contributed by atoms with Crippen molar-refractivity contribution in [2.75, 3.05) is 30.4 Å². The van der Waals surface area contributed by atoms with E-state index in [1.54, 1.807) is 0 Å². The topological polar surface area (TPSA) is 77.6 Å². The fourth-order valence-electron chi connectivity index (χ4n) is 5.93. The first-order valence-electron chi connectivity index (χ1n) is 13.9.